The summed E-state index contributed by atoms with van der Waals surface area (Å²) in [6.07, 6.45) is 1.26. The van der Waals surface area contributed by atoms with E-state index in [4.69, 9.17) is 14.0 Å². The van der Waals surface area contributed by atoms with Crippen molar-refractivity contribution in [1.29, 1.82) is 0 Å². The van der Waals surface area contributed by atoms with Crippen molar-refractivity contribution in [2.24, 2.45) is 0 Å². The Morgan fingerprint density at radius 3 is 2.70 bits per heavy atom. The SMILES string of the molecule is COc1ccc(-c2noc(C3CCCN3C(=O)c3cc(F)ccc3F)n2)cc1OC. The fraction of sp³-hybridized carbons (Fsp3) is 0.286. The van der Waals surface area contributed by atoms with Gasteiger partial charge in [0.05, 0.1) is 19.8 Å². The summed E-state index contributed by atoms with van der Waals surface area (Å²) in [6.45, 7) is 0.382. The van der Waals surface area contributed by atoms with Crippen molar-refractivity contribution >= 4 is 5.91 Å². The zero-order valence-electron chi connectivity index (χ0n) is 16.4. The first-order valence-electron chi connectivity index (χ1n) is 9.34. The second kappa shape index (κ2) is 8.10. The van der Waals surface area contributed by atoms with Crippen LogP contribution in [0.25, 0.3) is 11.4 Å². The van der Waals surface area contributed by atoms with Gasteiger partial charge in [0.1, 0.15) is 17.7 Å². The predicted octanol–water partition coefficient (Wildman–Crippen LogP) is 4.01. The Balaban J connectivity index is 1.61. The van der Waals surface area contributed by atoms with Crippen LogP contribution in [0.5, 0.6) is 11.5 Å². The topological polar surface area (TPSA) is 77.7 Å². The molecule has 1 aliphatic heterocycles. The van der Waals surface area contributed by atoms with E-state index in [9.17, 15) is 13.6 Å². The van der Waals surface area contributed by atoms with E-state index >= 15 is 0 Å². The molecule has 0 bridgehead atoms. The van der Waals surface area contributed by atoms with Gasteiger partial charge >= 0.3 is 0 Å². The number of nitrogens with zero attached hydrogens (tertiary/aromatic N) is 3. The first-order chi connectivity index (χ1) is 14.5. The predicted molar refractivity (Wildman–Crippen MR) is 102 cm³/mol. The van der Waals surface area contributed by atoms with Crippen LogP contribution in [0.4, 0.5) is 8.78 Å². The molecule has 1 amide bonds. The molecule has 1 aromatic heterocycles. The van der Waals surface area contributed by atoms with Gasteiger partial charge in [-0.2, -0.15) is 4.98 Å². The van der Waals surface area contributed by atoms with Gasteiger partial charge in [-0.25, -0.2) is 8.78 Å². The Morgan fingerprint density at radius 1 is 1.13 bits per heavy atom. The fourth-order valence-electron chi connectivity index (χ4n) is 3.55. The zero-order valence-corrected chi connectivity index (χ0v) is 16.4. The zero-order chi connectivity index (χ0) is 21.3. The molecule has 4 rings (SSSR count). The number of carbonyl (C=O) groups excluding carboxylic acids is 1. The maximum atomic E-state index is 14.1. The Labute approximate surface area is 171 Å². The van der Waals surface area contributed by atoms with E-state index in [0.29, 0.717) is 42.3 Å². The lowest BCUT2D eigenvalue weighted by molar-refractivity contribution is 0.0704. The molecule has 0 N–H and O–H groups in total. The van der Waals surface area contributed by atoms with Gasteiger partial charge in [-0.05, 0) is 49.2 Å². The monoisotopic (exact) mass is 415 g/mol. The molecule has 1 fully saturated rings. The van der Waals surface area contributed by atoms with Crippen molar-refractivity contribution in [3.05, 3.63) is 59.5 Å². The molecule has 1 aliphatic rings. The summed E-state index contributed by atoms with van der Waals surface area (Å²) < 4.78 is 43.5. The summed E-state index contributed by atoms with van der Waals surface area (Å²) in [5.74, 6) is -0.423. The summed E-state index contributed by atoms with van der Waals surface area (Å²) in [4.78, 5) is 18.7. The Morgan fingerprint density at radius 2 is 1.93 bits per heavy atom. The van der Waals surface area contributed by atoms with E-state index in [0.717, 1.165) is 18.2 Å². The quantitative estimate of drug-likeness (QED) is 0.627. The summed E-state index contributed by atoms with van der Waals surface area (Å²) in [6, 6.07) is 7.50. The average Bonchev–Trinajstić information content (AvgIpc) is 3.44. The van der Waals surface area contributed by atoms with E-state index in [-0.39, 0.29) is 11.5 Å². The number of benzene rings is 2. The second-order valence-corrected chi connectivity index (χ2v) is 6.81. The Kier molecular flexibility index (Phi) is 5.35. The third-order valence-electron chi connectivity index (χ3n) is 5.04. The normalized spacial score (nSPS) is 16.0. The highest BCUT2D eigenvalue weighted by molar-refractivity contribution is 5.95. The summed E-state index contributed by atoms with van der Waals surface area (Å²) in [7, 11) is 3.06. The van der Waals surface area contributed by atoms with Crippen LogP contribution in [-0.2, 0) is 0 Å². The number of aromatic nitrogens is 2. The van der Waals surface area contributed by atoms with Crippen molar-refractivity contribution < 1.29 is 27.6 Å². The maximum Gasteiger partial charge on any atom is 0.257 e. The van der Waals surface area contributed by atoms with Crippen molar-refractivity contribution in [1.82, 2.24) is 15.0 Å². The van der Waals surface area contributed by atoms with Crippen LogP contribution >= 0.6 is 0 Å². The van der Waals surface area contributed by atoms with Crippen LogP contribution in [0.15, 0.2) is 40.9 Å². The first kappa shape index (κ1) is 19.8. The molecule has 2 heterocycles. The molecule has 0 aliphatic carbocycles. The van der Waals surface area contributed by atoms with Gasteiger partial charge in [-0.3, -0.25) is 4.79 Å². The van der Waals surface area contributed by atoms with Crippen LogP contribution in [0.3, 0.4) is 0 Å². The highest BCUT2D eigenvalue weighted by atomic mass is 19.1. The maximum absolute atomic E-state index is 14.1. The number of methoxy groups -OCH3 is 2. The van der Waals surface area contributed by atoms with Gasteiger partial charge in [0.2, 0.25) is 11.7 Å². The Bertz CT molecular complexity index is 1090. The molecule has 7 nitrogen and oxygen atoms in total. The van der Waals surface area contributed by atoms with Crippen LogP contribution in [0.1, 0.15) is 35.1 Å². The minimum Gasteiger partial charge on any atom is -0.493 e. The highest BCUT2D eigenvalue weighted by Crippen LogP contribution is 2.35. The lowest BCUT2D eigenvalue weighted by Gasteiger charge is -2.22. The standard InChI is InChI=1S/C21H19F2N3O4/c1-28-17-8-5-12(10-18(17)29-2)19-24-20(30-25-19)16-4-3-9-26(16)21(27)14-11-13(22)6-7-15(14)23/h5-8,10-11,16H,3-4,9H2,1-2H3. The Hall–Kier alpha value is -3.49. The molecular formula is C21H19F2N3O4. The minimum atomic E-state index is -0.774. The number of halogens is 2. The van der Waals surface area contributed by atoms with Crippen molar-refractivity contribution in [2.45, 2.75) is 18.9 Å². The molecular weight excluding hydrogens is 396 g/mol. The molecule has 2 aromatic carbocycles. The number of hydrogen-bond acceptors (Lipinski definition) is 6. The highest BCUT2D eigenvalue weighted by Gasteiger charge is 2.35. The molecule has 30 heavy (non-hydrogen) atoms. The number of ether oxygens (including phenoxy) is 2. The summed E-state index contributed by atoms with van der Waals surface area (Å²) in [5, 5.41) is 4.01. The molecule has 1 saturated heterocycles. The van der Waals surface area contributed by atoms with Crippen molar-refractivity contribution in [3.8, 4) is 22.9 Å². The van der Waals surface area contributed by atoms with Gasteiger partial charge in [-0.15, -0.1) is 0 Å². The molecule has 1 atom stereocenters. The average molecular weight is 415 g/mol. The molecule has 3 aromatic rings. The van der Waals surface area contributed by atoms with E-state index in [1.807, 2.05) is 0 Å². The lowest BCUT2D eigenvalue weighted by atomic mass is 10.1. The van der Waals surface area contributed by atoms with Gasteiger partial charge in [0.25, 0.3) is 5.91 Å². The molecule has 0 spiro atoms. The third kappa shape index (κ3) is 3.58. The lowest BCUT2D eigenvalue weighted by Crippen LogP contribution is -2.31. The van der Waals surface area contributed by atoms with Gasteiger partial charge in [0, 0.05) is 12.1 Å². The van der Waals surface area contributed by atoms with E-state index < -0.39 is 23.6 Å². The molecule has 9 heteroatoms. The number of amides is 1. The van der Waals surface area contributed by atoms with Crippen molar-refractivity contribution in [2.75, 3.05) is 20.8 Å². The molecule has 1 unspecified atom stereocenters. The van der Waals surface area contributed by atoms with Crippen molar-refractivity contribution in [3.63, 3.8) is 0 Å². The summed E-state index contributed by atoms with van der Waals surface area (Å²) in [5.41, 5.74) is 0.330. The van der Waals surface area contributed by atoms with Crippen LogP contribution in [-0.4, -0.2) is 41.7 Å². The van der Waals surface area contributed by atoms with E-state index in [1.54, 1.807) is 18.2 Å². The number of carbonyl (C=O) groups is 1. The van der Waals surface area contributed by atoms with Gasteiger partial charge < -0.3 is 18.9 Å². The molecule has 0 saturated carbocycles. The van der Waals surface area contributed by atoms with Crippen LogP contribution in [0, 0.1) is 11.6 Å². The van der Waals surface area contributed by atoms with Gasteiger partial charge in [-0.1, -0.05) is 5.16 Å². The number of rotatable bonds is 5. The third-order valence-corrected chi connectivity index (χ3v) is 5.04. The number of hydrogen-bond donors (Lipinski definition) is 0. The first-order valence-corrected chi connectivity index (χ1v) is 9.34. The van der Waals surface area contributed by atoms with Gasteiger partial charge in [0.15, 0.2) is 11.5 Å². The van der Waals surface area contributed by atoms with Crippen LogP contribution in [0.2, 0.25) is 0 Å². The van der Waals surface area contributed by atoms with Crippen LogP contribution < -0.4 is 9.47 Å². The largest absolute Gasteiger partial charge is 0.493 e. The minimum absolute atomic E-state index is 0.238. The van der Waals surface area contributed by atoms with E-state index in [2.05, 4.69) is 10.1 Å². The number of likely N-dealkylation sites (tertiary alicyclic amines) is 1. The fourth-order valence-corrected chi connectivity index (χ4v) is 3.55. The smallest absolute Gasteiger partial charge is 0.257 e. The molecule has 156 valence electrons. The van der Waals surface area contributed by atoms with E-state index in [1.165, 1.54) is 19.1 Å². The summed E-state index contributed by atoms with van der Waals surface area (Å²) >= 11 is 0. The second-order valence-electron chi connectivity index (χ2n) is 6.81. The molecule has 0 radical (unpaired) electrons.